The van der Waals surface area contributed by atoms with E-state index in [0.717, 1.165) is 38.9 Å². The van der Waals surface area contributed by atoms with Crippen LogP contribution in [0.1, 0.15) is 5.56 Å². The molecule has 0 saturated heterocycles. The minimum atomic E-state index is 0.130. The van der Waals surface area contributed by atoms with Gasteiger partial charge in [-0.05, 0) is 51.9 Å². The highest BCUT2D eigenvalue weighted by Gasteiger charge is 2.20. The second-order valence-electron chi connectivity index (χ2n) is 11.5. The van der Waals surface area contributed by atoms with Crippen molar-refractivity contribution in [3.05, 3.63) is 163 Å². The molecule has 7 aromatic carbocycles. The second-order valence-corrected chi connectivity index (χ2v) is 11.5. The third kappa shape index (κ3) is 4.06. The van der Waals surface area contributed by atoms with Crippen LogP contribution in [0.4, 0.5) is 0 Å². The monoisotopic (exact) mass is 589 g/mol. The number of aromatic amines is 1. The van der Waals surface area contributed by atoms with Crippen molar-refractivity contribution in [1.82, 2.24) is 14.5 Å². The van der Waals surface area contributed by atoms with E-state index in [-0.39, 0.29) is 5.84 Å². The molecule has 5 heteroatoms. The van der Waals surface area contributed by atoms with Gasteiger partial charge in [-0.1, -0.05) is 121 Å². The molecule has 0 aliphatic rings. The SMILES string of the molecule is N=C(N=c1nc(-c2ccccc2)c2ccccc2[nH]1)c1ccccc1-n1c2ccc3ccccc3c2c2c3ccccc3ccc21. The first kappa shape index (κ1) is 26.1. The van der Waals surface area contributed by atoms with E-state index in [1.54, 1.807) is 0 Å². The second kappa shape index (κ2) is 10.4. The van der Waals surface area contributed by atoms with Crippen LogP contribution in [-0.4, -0.2) is 20.4 Å². The first-order chi connectivity index (χ1) is 22.7. The van der Waals surface area contributed by atoms with Crippen LogP contribution in [0, 0.1) is 5.41 Å². The number of H-pyrrole nitrogens is 1. The molecule has 0 aliphatic heterocycles. The Bertz CT molecular complexity index is 2620. The minimum absolute atomic E-state index is 0.130. The van der Waals surface area contributed by atoms with Gasteiger partial charge in [-0.2, -0.15) is 4.99 Å². The van der Waals surface area contributed by atoms with E-state index in [4.69, 9.17) is 9.98 Å². The fraction of sp³-hybridized carbons (Fsp3) is 0. The number of nitrogens with zero attached hydrogens (tertiary/aromatic N) is 3. The highest BCUT2D eigenvalue weighted by Crippen LogP contribution is 2.41. The molecular weight excluding hydrogens is 562 g/mol. The summed E-state index contributed by atoms with van der Waals surface area (Å²) in [5.41, 5.74) is 6.92. The zero-order valence-electron chi connectivity index (χ0n) is 24.8. The van der Waals surface area contributed by atoms with E-state index in [1.807, 2.05) is 54.6 Å². The Morgan fingerprint density at radius 2 is 1.13 bits per heavy atom. The summed E-state index contributed by atoms with van der Waals surface area (Å²) in [6.07, 6.45) is 0. The van der Waals surface area contributed by atoms with Gasteiger partial charge in [0.05, 0.1) is 27.9 Å². The molecule has 5 nitrogen and oxygen atoms in total. The smallest absolute Gasteiger partial charge is 0.229 e. The number of amidine groups is 1. The Kier molecular flexibility index (Phi) is 5.90. The van der Waals surface area contributed by atoms with Gasteiger partial charge in [-0.25, -0.2) is 4.98 Å². The predicted octanol–water partition coefficient (Wildman–Crippen LogP) is 9.56. The van der Waals surface area contributed by atoms with Crippen molar-refractivity contribution < 1.29 is 0 Å². The first-order valence-corrected chi connectivity index (χ1v) is 15.4. The van der Waals surface area contributed by atoms with Crippen molar-refractivity contribution in [2.75, 3.05) is 0 Å². The van der Waals surface area contributed by atoms with Crippen LogP contribution in [-0.2, 0) is 0 Å². The molecule has 0 fully saturated rings. The minimum Gasteiger partial charge on any atom is -0.323 e. The zero-order valence-corrected chi connectivity index (χ0v) is 24.8. The van der Waals surface area contributed by atoms with Crippen molar-refractivity contribution in [2.45, 2.75) is 0 Å². The molecule has 9 rings (SSSR count). The summed E-state index contributed by atoms with van der Waals surface area (Å²) in [5.74, 6) is 0.130. The average molecular weight is 590 g/mol. The van der Waals surface area contributed by atoms with Crippen molar-refractivity contribution in [3.63, 3.8) is 0 Å². The van der Waals surface area contributed by atoms with Gasteiger partial charge in [0.1, 0.15) is 0 Å². The van der Waals surface area contributed by atoms with Gasteiger partial charge in [0, 0.05) is 27.3 Å². The Morgan fingerprint density at radius 3 is 1.83 bits per heavy atom. The van der Waals surface area contributed by atoms with E-state index < -0.39 is 0 Å². The molecule has 0 atom stereocenters. The van der Waals surface area contributed by atoms with Gasteiger partial charge >= 0.3 is 0 Å². The lowest BCUT2D eigenvalue weighted by molar-refractivity contribution is 1.05. The quantitative estimate of drug-likeness (QED) is 0.156. The Balaban J connectivity index is 1.30. The fourth-order valence-electron chi connectivity index (χ4n) is 6.82. The molecule has 0 aliphatic carbocycles. The average Bonchev–Trinajstić information content (AvgIpc) is 3.47. The maximum atomic E-state index is 9.33. The third-order valence-electron chi connectivity index (χ3n) is 8.86. The summed E-state index contributed by atoms with van der Waals surface area (Å²) < 4.78 is 2.29. The van der Waals surface area contributed by atoms with E-state index in [0.29, 0.717) is 11.2 Å². The highest BCUT2D eigenvalue weighted by molar-refractivity contribution is 6.28. The summed E-state index contributed by atoms with van der Waals surface area (Å²) in [6, 6.07) is 52.2. The van der Waals surface area contributed by atoms with Crippen LogP contribution in [0.15, 0.2) is 157 Å². The summed E-state index contributed by atoms with van der Waals surface area (Å²) in [6.45, 7) is 0. The van der Waals surface area contributed by atoms with Crippen LogP contribution in [0.3, 0.4) is 0 Å². The normalized spacial score (nSPS) is 12.1. The summed E-state index contributed by atoms with van der Waals surface area (Å²) in [4.78, 5) is 13.1. The fourth-order valence-corrected chi connectivity index (χ4v) is 6.82. The van der Waals surface area contributed by atoms with E-state index in [9.17, 15) is 5.41 Å². The molecule has 0 unspecified atom stereocenters. The molecule has 0 spiro atoms. The number of nitrogens with one attached hydrogen (secondary N) is 2. The summed E-state index contributed by atoms with van der Waals surface area (Å²) in [7, 11) is 0. The van der Waals surface area contributed by atoms with Crippen LogP contribution < -0.4 is 5.62 Å². The molecule has 2 aromatic heterocycles. The Hall–Kier alpha value is -6.33. The van der Waals surface area contributed by atoms with E-state index in [2.05, 4.69) is 107 Å². The predicted molar refractivity (Wildman–Crippen MR) is 190 cm³/mol. The van der Waals surface area contributed by atoms with Gasteiger partial charge in [0.2, 0.25) is 5.62 Å². The Morgan fingerprint density at radius 1 is 0.565 bits per heavy atom. The van der Waals surface area contributed by atoms with Gasteiger partial charge < -0.3 is 9.55 Å². The number of para-hydroxylation sites is 2. The Labute approximate surface area is 264 Å². The van der Waals surface area contributed by atoms with Crippen molar-refractivity contribution in [2.24, 2.45) is 4.99 Å². The topological polar surface area (TPSA) is 69.8 Å². The lowest BCUT2D eigenvalue weighted by Crippen LogP contribution is -2.17. The van der Waals surface area contributed by atoms with Crippen LogP contribution in [0.25, 0.3) is 71.2 Å². The number of fused-ring (bicyclic) bond motifs is 8. The van der Waals surface area contributed by atoms with Gasteiger partial charge in [-0.3, -0.25) is 5.41 Å². The number of hydrogen-bond acceptors (Lipinski definition) is 2. The van der Waals surface area contributed by atoms with Gasteiger partial charge in [0.15, 0.2) is 5.84 Å². The molecule has 0 bridgehead atoms. The maximum absolute atomic E-state index is 9.33. The summed E-state index contributed by atoms with van der Waals surface area (Å²) in [5, 5.41) is 17.6. The summed E-state index contributed by atoms with van der Waals surface area (Å²) >= 11 is 0. The lowest BCUT2D eigenvalue weighted by Gasteiger charge is -2.13. The lowest BCUT2D eigenvalue weighted by atomic mass is 10.00. The zero-order chi connectivity index (χ0) is 30.6. The van der Waals surface area contributed by atoms with Crippen molar-refractivity contribution >= 4 is 60.1 Å². The van der Waals surface area contributed by atoms with Crippen LogP contribution in [0.5, 0.6) is 0 Å². The highest BCUT2D eigenvalue weighted by atomic mass is 15.0. The largest absolute Gasteiger partial charge is 0.323 e. The molecule has 9 aromatic rings. The molecule has 0 saturated carbocycles. The molecule has 46 heavy (non-hydrogen) atoms. The molecular formula is C41H27N5. The number of hydrogen-bond donors (Lipinski definition) is 2. The number of benzene rings is 7. The molecule has 0 amide bonds. The standard InChI is InChI=1S/C41H27N5/c42-40(45-41-43-33-20-10-8-18-31(33)39(44-41)28-14-2-1-3-15-28)32-19-9-11-21-34(32)46-35-24-22-26-12-4-6-16-29(26)37(35)38-30-17-7-5-13-27(30)23-25-36(38)46/h1-25H,(H2,42,43,44,45). The van der Waals surface area contributed by atoms with Gasteiger partial charge in [-0.15, -0.1) is 0 Å². The van der Waals surface area contributed by atoms with Crippen molar-refractivity contribution in [1.29, 1.82) is 5.41 Å². The van der Waals surface area contributed by atoms with Gasteiger partial charge in [0.25, 0.3) is 0 Å². The molecule has 216 valence electrons. The molecule has 2 N–H and O–H groups in total. The van der Waals surface area contributed by atoms with Crippen molar-refractivity contribution in [3.8, 4) is 16.9 Å². The van der Waals surface area contributed by atoms with Crippen LogP contribution >= 0.6 is 0 Å². The van der Waals surface area contributed by atoms with E-state index >= 15 is 0 Å². The van der Waals surface area contributed by atoms with Crippen LogP contribution in [0.2, 0.25) is 0 Å². The number of aromatic nitrogens is 3. The first-order valence-electron chi connectivity index (χ1n) is 15.4. The molecule has 0 radical (unpaired) electrons. The molecule has 2 heterocycles. The maximum Gasteiger partial charge on any atom is 0.229 e. The third-order valence-corrected chi connectivity index (χ3v) is 8.86. The van der Waals surface area contributed by atoms with E-state index in [1.165, 1.54) is 32.3 Å². The number of rotatable bonds is 3.